The van der Waals surface area contributed by atoms with Crippen molar-refractivity contribution in [1.29, 1.82) is 0 Å². The number of aromatic nitrogens is 2. The largest absolute Gasteiger partial charge is 0.436 e. The van der Waals surface area contributed by atoms with E-state index in [1.807, 2.05) is 19.1 Å². The van der Waals surface area contributed by atoms with Crippen LogP contribution in [0.4, 0.5) is 13.2 Å². The van der Waals surface area contributed by atoms with Gasteiger partial charge in [-0.25, -0.2) is 0 Å². The van der Waals surface area contributed by atoms with Gasteiger partial charge in [-0.1, -0.05) is 45.0 Å². The predicted octanol–water partition coefficient (Wildman–Crippen LogP) is 6.71. The molecule has 31 heavy (non-hydrogen) atoms. The predicted molar refractivity (Wildman–Crippen MR) is 118 cm³/mol. The van der Waals surface area contributed by atoms with Crippen LogP contribution in [0.3, 0.4) is 0 Å². The van der Waals surface area contributed by atoms with E-state index in [0.29, 0.717) is 11.6 Å². The quantitative estimate of drug-likeness (QED) is 0.416. The van der Waals surface area contributed by atoms with E-state index in [1.165, 1.54) is 10.2 Å². The number of alkyl halides is 3. The molecule has 1 heterocycles. The van der Waals surface area contributed by atoms with Crippen LogP contribution in [0.15, 0.2) is 28.7 Å². The molecule has 1 aliphatic rings. The Morgan fingerprint density at radius 3 is 2.32 bits per heavy atom. The molecule has 1 saturated carbocycles. The Kier molecular flexibility index (Phi) is 7.50. The average Bonchev–Trinajstić information content (AvgIpc) is 3.51. The molecule has 0 saturated heterocycles. The smallest absolute Gasteiger partial charge is 0.349 e. The summed E-state index contributed by atoms with van der Waals surface area (Å²) in [6.45, 7) is 6.45. The van der Waals surface area contributed by atoms with Gasteiger partial charge >= 0.3 is 6.18 Å². The molecule has 1 aromatic heterocycles. The zero-order chi connectivity index (χ0) is 22.8. The van der Waals surface area contributed by atoms with Gasteiger partial charge in [0.05, 0.1) is 22.8 Å². The van der Waals surface area contributed by atoms with Crippen molar-refractivity contribution < 1.29 is 18.0 Å². The van der Waals surface area contributed by atoms with E-state index >= 15 is 0 Å². The molecule has 1 fully saturated rings. The van der Waals surface area contributed by atoms with E-state index in [1.54, 1.807) is 0 Å². The molecule has 1 amide bonds. The summed E-state index contributed by atoms with van der Waals surface area (Å²) < 4.78 is 41.1. The van der Waals surface area contributed by atoms with Crippen molar-refractivity contribution in [1.82, 2.24) is 15.1 Å². The van der Waals surface area contributed by atoms with E-state index in [-0.39, 0.29) is 35.3 Å². The Hall–Kier alpha value is -1.83. The summed E-state index contributed by atoms with van der Waals surface area (Å²) in [5, 5.41) is 6.79. The highest BCUT2D eigenvalue weighted by Crippen LogP contribution is 2.47. The lowest BCUT2D eigenvalue weighted by atomic mass is 9.95. The molecular formula is C23H29BrF3N3O. The van der Waals surface area contributed by atoms with Crippen molar-refractivity contribution in [2.24, 2.45) is 0 Å². The lowest BCUT2D eigenvalue weighted by Gasteiger charge is -2.19. The van der Waals surface area contributed by atoms with E-state index in [0.717, 1.165) is 31.2 Å². The van der Waals surface area contributed by atoms with Gasteiger partial charge in [-0.2, -0.15) is 18.3 Å². The van der Waals surface area contributed by atoms with Gasteiger partial charge in [0, 0.05) is 12.3 Å². The SMILES string of the molecule is CCC(C)c1ccc(C(CC)NC(=O)CCn2nc(C(F)(F)F)c(Br)c2C2CC2)cc1. The minimum atomic E-state index is -4.52. The summed E-state index contributed by atoms with van der Waals surface area (Å²) in [5.74, 6) is 0.368. The minimum Gasteiger partial charge on any atom is -0.349 e. The molecule has 8 heteroatoms. The standard InChI is InChI=1S/C23H29BrF3N3O/c1-4-14(3)15-6-8-16(9-7-15)18(5-2)28-19(31)12-13-30-21(17-10-11-17)20(24)22(29-30)23(25,26)27/h6-9,14,17-18H,4-5,10-13H2,1-3H3,(H,28,31). The first kappa shape index (κ1) is 23.8. The molecule has 0 radical (unpaired) electrons. The molecule has 0 spiro atoms. The first-order valence-corrected chi connectivity index (χ1v) is 11.7. The fraction of sp³-hybridized carbons (Fsp3) is 0.565. The summed E-state index contributed by atoms with van der Waals surface area (Å²) in [6.07, 6.45) is -0.961. The summed E-state index contributed by atoms with van der Waals surface area (Å²) in [5.41, 5.74) is 1.93. The van der Waals surface area contributed by atoms with Gasteiger partial charge < -0.3 is 5.32 Å². The highest BCUT2D eigenvalue weighted by molar-refractivity contribution is 9.10. The molecule has 4 nitrogen and oxygen atoms in total. The van der Waals surface area contributed by atoms with Crippen molar-refractivity contribution >= 4 is 21.8 Å². The van der Waals surface area contributed by atoms with Crippen LogP contribution in [0.2, 0.25) is 0 Å². The Labute approximate surface area is 189 Å². The number of rotatable bonds is 9. The van der Waals surface area contributed by atoms with E-state index in [9.17, 15) is 18.0 Å². The van der Waals surface area contributed by atoms with Gasteiger partial charge in [-0.05, 0) is 58.7 Å². The number of nitrogens with zero attached hydrogens (tertiary/aromatic N) is 2. The Bertz CT molecular complexity index is 904. The monoisotopic (exact) mass is 499 g/mol. The molecule has 0 aliphatic heterocycles. The Morgan fingerprint density at radius 2 is 1.81 bits per heavy atom. The van der Waals surface area contributed by atoms with Gasteiger partial charge in [0.2, 0.25) is 5.91 Å². The van der Waals surface area contributed by atoms with Crippen LogP contribution >= 0.6 is 15.9 Å². The number of nitrogens with one attached hydrogen (secondary N) is 1. The maximum Gasteiger partial charge on any atom is 0.436 e. The lowest BCUT2D eigenvalue weighted by Crippen LogP contribution is -2.29. The Morgan fingerprint density at radius 1 is 1.19 bits per heavy atom. The number of halogens is 4. The summed E-state index contributed by atoms with van der Waals surface area (Å²) in [6, 6.07) is 8.15. The van der Waals surface area contributed by atoms with E-state index < -0.39 is 11.9 Å². The zero-order valence-electron chi connectivity index (χ0n) is 18.1. The molecule has 2 atom stereocenters. The normalized spacial score (nSPS) is 16.2. The molecule has 0 bridgehead atoms. The van der Waals surface area contributed by atoms with Crippen LogP contribution in [-0.2, 0) is 17.5 Å². The van der Waals surface area contributed by atoms with Crippen LogP contribution in [0.25, 0.3) is 0 Å². The van der Waals surface area contributed by atoms with Crippen LogP contribution in [0.1, 0.15) is 93.3 Å². The third-order valence-electron chi connectivity index (χ3n) is 5.98. The van der Waals surface area contributed by atoms with Crippen LogP contribution in [0, 0.1) is 0 Å². The maximum absolute atomic E-state index is 13.2. The zero-order valence-corrected chi connectivity index (χ0v) is 19.7. The first-order valence-electron chi connectivity index (χ1n) is 10.9. The molecule has 1 aliphatic carbocycles. The molecular weight excluding hydrogens is 471 g/mol. The van der Waals surface area contributed by atoms with Crippen LogP contribution < -0.4 is 5.32 Å². The molecule has 3 rings (SSSR count). The highest BCUT2D eigenvalue weighted by Gasteiger charge is 2.41. The van der Waals surface area contributed by atoms with Crippen LogP contribution in [-0.4, -0.2) is 15.7 Å². The van der Waals surface area contributed by atoms with E-state index in [2.05, 4.69) is 52.3 Å². The minimum absolute atomic E-state index is 0.00994. The van der Waals surface area contributed by atoms with Gasteiger partial charge in [0.15, 0.2) is 5.69 Å². The summed E-state index contributed by atoms with van der Waals surface area (Å²) in [4.78, 5) is 12.6. The number of carbonyl (C=O) groups is 1. The summed E-state index contributed by atoms with van der Waals surface area (Å²) in [7, 11) is 0. The molecule has 1 N–H and O–H groups in total. The van der Waals surface area contributed by atoms with Crippen molar-refractivity contribution in [2.75, 3.05) is 0 Å². The molecule has 170 valence electrons. The first-order chi connectivity index (χ1) is 14.7. The fourth-order valence-corrected chi connectivity index (χ4v) is 4.57. The van der Waals surface area contributed by atoms with Gasteiger partial charge in [-0.15, -0.1) is 0 Å². The number of hydrogen-bond acceptors (Lipinski definition) is 2. The average molecular weight is 500 g/mol. The van der Waals surface area contributed by atoms with Crippen molar-refractivity contribution in [3.63, 3.8) is 0 Å². The van der Waals surface area contributed by atoms with Crippen LogP contribution in [0.5, 0.6) is 0 Å². The topological polar surface area (TPSA) is 46.9 Å². The second-order valence-electron chi connectivity index (χ2n) is 8.30. The maximum atomic E-state index is 13.2. The number of amides is 1. The summed E-state index contributed by atoms with van der Waals surface area (Å²) >= 11 is 3.08. The number of hydrogen-bond donors (Lipinski definition) is 1. The van der Waals surface area contributed by atoms with Gasteiger partial charge in [-0.3, -0.25) is 9.48 Å². The van der Waals surface area contributed by atoms with Crippen molar-refractivity contribution in [3.8, 4) is 0 Å². The number of benzene rings is 1. The third kappa shape index (κ3) is 5.70. The number of carbonyl (C=O) groups excluding carboxylic acids is 1. The van der Waals surface area contributed by atoms with Crippen molar-refractivity contribution in [2.45, 2.75) is 83.5 Å². The van der Waals surface area contributed by atoms with Gasteiger partial charge in [0.25, 0.3) is 0 Å². The molecule has 2 aromatic rings. The third-order valence-corrected chi connectivity index (χ3v) is 6.76. The van der Waals surface area contributed by atoms with E-state index in [4.69, 9.17) is 0 Å². The molecule has 2 unspecified atom stereocenters. The lowest BCUT2D eigenvalue weighted by molar-refractivity contribution is -0.142. The highest BCUT2D eigenvalue weighted by atomic mass is 79.9. The number of aryl methyl sites for hydroxylation is 1. The van der Waals surface area contributed by atoms with Gasteiger partial charge in [0.1, 0.15) is 0 Å². The van der Waals surface area contributed by atoms with Crippen molar-refractivity contribution in [3.05, 3.63) is 51.3 Å². The molecule has 1 aromatic carbocycles. The fourth-order valence-electron chi connectivity index (χ4n) is 3.74. The Balaban J connectivity index is 1.65. The second-order valence-corrected chi connectivity index (χ2v) is 9.09. The second kappa shape index (κ2) is 9.76.